The zero-order valence-electron chi connectivity index (χ0n) is 12.9. The van der Waals surface area contributed by atoms with Gasteiger partial charge in [-0.2, -0.15) is 0 Å². The van der Waals surface area contributed by atoms with Crippen molar-refractivity contribution in [1.82, 2.24) is 0 Å². The maximum atomic E-state index is 5.95. The third kappa shape index (κ3) is 4.80. The number of rotatable bonds is 7. The highest BCUT2D eigenvalue weighted by molar-refractivity contribution is 5.35. The van der Waals surface area contributed by atoms with Gasteiger partial charge >= 0.3 is 0 Å². The lowest BCUT2D eigenvalue weighted by Gasteiger charge is -2.23. The van der Waals surface area contributed by atoms with Crippen molar-refractivity contribution >= 4 is 0 Å². The highest BCUT2D eigenvalue weighted by Gasteiger charge is 2.12. The molecule has 1 aromatic rings. The summed E-state index contributed by atoms with van der Waals surface area (Å²) >= 11 is 0. The first-order valence-corrected chi connectivity index (χ1v) is 7.90. The molecule has 1 fully saturated rings. The van der Waals surface area contributed by atoms with Crippen LogP contribution in [0.25, 0.3) is 0 Å². The summed E-state index contributed by atoms with van der Waals surface area (Å²) in [6, 6.07) is 8.39. The summed E-state index contributed by atoms with van der Waals surface area (Å²) in [5, 5.41) is 0. The Morgan fingerprint density at radius 2 is 1.90 bits per heavy atom. The number of hydrogen-bond donors (Lipinski definition) is 1. The van der Waals surface area contributed by atoms with Crippen molar-refractivity contribution in [2.75, 3.05) is 39.5 Å². The molecule has 0 unspecified atom stereocenters. The average molecular weight is 278 g/mol. The quantitative estimate of drug-likeness (QED) is 0.770. The predicted molar refractivity (Wildman–Crippen MR) is 81.6 cm³/mol. The lowest BCUT2D eigenvalue weighted by molar-refractivity contribution is -0.908. The number of para-hydroxylation sites is 1. The maximum absolute atomic E-state index is 5.95. The van der Waals surface area contributed by atoms with E-state index in [1.165, 1.54) is 18.5 Å². The molecule has 1 saturated heterocycles. The van der Waals surface area contributed by atoms with Crippen molar-refractivity contribution in [2.45, 2.75) is 32.6 Å². The van der Waals surface area contributed by atoms with Gasteiger partial charge in [0.2, 0.25) is 0 Å². The molecule has 1 heterocycles. The summed E-state index contributed by atoms with van der Waals surface area (Å²) in [7, 11) is 0. The zero-order chi connectivity index (χ0) is 14.2. The monoisotopic (exact) mass is 278 g/mol. The fourth-order valence-corrected chi connectivity index (χ4v) is 2.66. The first-order valence-electron chi connectivity index (χ1n) is 7.90. The van der Waals surface area contributed by atoms with Gasteiger partial charge in [0.25, 0.3) is 0 Å². The summed E-state index contributed by atoms with van der Waals surface area (Å²) in [6.45, 7) is 10.7. The van der Waals surface area contributed by atoms with E-state index >= 15 is 0 Å². The zero-order valence-corrected chi connectivity index (χ0v) is 12.9. The van der Waals surface area contributed by atoms with Crippen LogP contribution in [0.2, 0.25) is 0 Å². The molecular weight excluding hydrogens is 250 g/mol. The van der Waals surface area contributed by atoms with E-state index in [9.17, 15) is 0 Å². The van der Waals surface area contributed by atoms with Crippen molar-refractivity contribution in [3.8, 4) is 5.75 Å². The number of nitrogens with one attached hydrogen (secondary N) is 1. The van der Waals surface area contributed by atoms with Crippen molar-refractivity contribution in [3.05, 3.63) is 29.8 Å². The van der Waals surface area contributed by atoms with Crippen LogP contribution in [0.3, 0.4) is 0 Å². The molecule has 0 bridgehead atoms. The van der Waals surface area contributed by atoms with Gasteiger partial charge in [-0.3, -0.25) is 0 Å². The molecule has 2 rings (SSSR count). The Morgan fingerprint density at radius 3 is 2.65 bits per heavy atom. The molecular formula is C17H28NO2+. The molecule has 0 radical (unpaired) electrons. The van der Waals surface area contributed by atoms with Gasteiger partial charge in [-0.05, 0) is 30.4 Å². The minimum Gasteiger partial charge on any atom is -0.493 e. The standard InChI is InChI=1S/C17H27NO2/c1-15(2)16-7-3-4-8-17(16)20-12-6-5-9-18-10-13-19-14-11-18/h3-4,7-8,15H,5-6,9-14H2,1-2H3/p+1. The molecule has 1 aliphatic heterocycles. The molecule has 0 atom stereocenters. The van der Waals surface area contributed by atoms with Crippen LogP contribution in [0.5, 0.6) is 5.75 Å². The Kier molecular flexibility index (Phi) is 6.34. The third-order valence-corrected chi connectivity index (χ3v) is 3.92. The van der Waals surface area contributed by atoms with Gasteiger partial charge in [0, 0.05) is 0 Å². The molecule has 0 aromatic heterocycles. The Bertz CT molecular complexity index is 386. The van der Waals surface area contributed by atoms with Crippen LogP contribution in [0, 0.1) is 0 Å². The first kappa shape index (κ1) is 15.3. The Hall–Kier alpha value is -1.06. The van der Waals surface area contributed by atoms with Crippen molar-refractivity contribution in [2.24, 2.45) is 0 Å². The first-order chi connectivity index (χ1) is 9.77. The van der Waals surface area contributed by atoms with E-state index in [0.717, 1.165) is 45.1 Å². The van der Waals surface area contributed by atoms with Gasteiger partial charge in [-0.15, -0.1) is 0 Å². The fourth-order valence-electron chi connectivity index (χ4n) is 2.66. The summed E-state index contributed by atoms with van der Waals surface area (Å²) in [5.74, 6) is 1.57. The summed E-state index contributed by atoms with van der Waals surface area (Å²) in [4.78, 5) is 1.68. The van der Waals surface area contributed by atoms with Gasteiger partial charge in [-0.1, -0.05) is 32.0 Å². The fraction of sp³-hybridized carbons (Fsp3) is 0.647. The second-order valence-electron chi connectivity index (χ2n) is 5.86. The highest BCUT2D eigenvalue weighted by atomic mass is 16.5. The molecule has 20 heavy (non-hydrogen) atoms. The molecule has 1 N–H and O–H groups in total. The molecule has 0 spiro atoms. The summed E-state index contributed by atoms with van der Waals surface area (Å²) in [5.41, 5.74) is 1.31. The lowest BCUT2D eigenvalue weighted by Crippen LogP contribution is -3.14. The van der Waals surface area contributed by atoms with E-state index < -0.39 is 0 Å². The molecule has 112 valence electrons. The maximum Gasteiger partial charge on any atom is 0.122 e. The number of hydrogen-bond acceptors (Lipinski definition) is 2. The Labute approximate surface area is 122 Å². The molecule has 1 aromatic carbocycles. The number of ether oxygens (including phenoxy) is 2. The van der Waals surface area contributed by atoms with E-state index in [-0.39, 0.29) is 0 Å². The smallest absolute Gasteiger partial charge is 0.122 e. The van der Waals surface area contributed by atoms with Gasteiger partial charge in [0.15, 0.2) is 0 Å². The van der Waals surface area contributed by atoms with E-state index in [2.05, 4.69) is 38.1 Å². The molecule has 3 heteroatoms. The highest BCUT2D eigenvalue weighted by Crippen LogP contribution is 2.25. The van der Waals surface area contributed by atoms with Gasteiger partial charge < -0.3 is 14.4 Å². The molecule has 0 aliphatic carbocycles. The van der Waals surface area contributed by atoms with E-state index in [1.54, 1.807) is 4.90 Å². The van der Waals surface area contributed by atoms with Gasteiger partial charge in [-0.25, -0.2) is 0 Å². The SMILES string of the molecule is CC(C)c1ccccc1OCCCC[NH+]1CCOCC1. The number of quaternary nitrogens is 1. The largest absolute Gasteiger partial charge is 0.493 e. The molecule has 3 nitrogen and oxygen atoms in total. The van der Waals surface area contributed by atoms with Crippen LogP contribution >= 0.6 is 0 Å². The molecule has 1 aliphatic rings. The molecule has 0 saturated carbocycles. The number of unbranched alkanes of at least 4 members (excludes halogenated alkanes) is 1. The third-order valence-electron chi connectivity index (χ3n) is 3.92. The van der Waals surface area contributed by atoms with Crippen LogP contribution in [0.1, 0.15) is 38.2 Å². The van der Waals surface area contributed by atoms with Gasteiger partial charge in [0.1, 0.15) is 18.8 Å². The predicted octanol–water partition coefficient (Wildman–Crippen LogP) is 1.88. The Balaban J connectivity index is 1.65. The minimum atomic E-state index is 0.518. The van der Waals surface area contributed by atoms with E-state index in [1.807, 2.05) is 0 Å². The van der Waals surface area contributed by atoms with Crippen molar-refractivity contribution < 1.29 is 14.4 Å². The normalized spacial score (nSPS) is 16.6. The minimum absolute atomic E-state index is 0.518. The summed E-state index contributed by atoms with van der Waals surface area (Å²) in [6.07, 6.45) is 2.37. The summed E-state index contributed by atoms with van der Waals surface area (Å²) < 4.78 is 11.3. The van der Waals surface area contributed by atoms with E-state index in [4.69, 9.17) is 9.47 Å². The second kappa shape index (κ2) is 8.28. The number of benzene rings is 1. The topological polar surface area (TPSA) is 22.9 Å². The van der Waals surface area contributed by atoms with Crippen LogP contribution in [0.4, 0.5) is 0 Å². The molecule has 0 amide bonds. The van der Waals surface area contributed by atoms with Crippen LogP contribution in [0.15, 0.2) is 24.3 Å². The van der Waals surface area contributed by atoms with Crippen LogP contribution in [-0.2, 0) is 4.74 Å². The van der Waals surface area contributed by atoms with Gasteiger partial charge in [0.05, 0.1) is 26.4 Å². The van der Waals surface area contributed by atoms with E-state index in [0.29, 0.717) is 5.92 Å². The Morgan fingerprint density at radius 1 is 1.15 bits per heavy atom. The van der Waals surface area contributed by atoms with Crippen LogP contribution in [-0.4, -0.2) is 39.5 Å². The van der Waals surface area contributed by atoms with Crippen molar-refractivity contribution in [3.63, 3.8) is 0 Å². The lowest BCUT2D eigenvalue weighted by atomic mass is 10.0. The second-order valence-corrected chi connectivity index (χ2v) is 5.86. The number of morpholine rings is 1. The van der Waals surface area contributed by atoms with Crippen molar-refractivity contribution in [1.29, 1.82) is 0 Å². The average Bonchev–Trinajstić information content (AvgIpc) is 2.48. The van der Waals surface area contributed by atoms with Crippen LogP contribution < -0.4 is 9.64 Å².